The van der Waals surface area contributed by atoms with Crippen LogP contribution in [0.15, 0.2) is 199 Å². The summed E-state index contributed by atoms with van der Waals surface area (Å²) < 4.78 is 4.96. The van der Waals surface area contributed by atoms with Crippen molar-refractivity contribution in [3.05, 3.63) is 205 Å². The molecule has 12 rings (SSSR count). The number of anilines is 4. The Morgan fingerprint density at radius 1 is 0.542 bits per heavy atom. The Kier molecular flexibility index (Phi) is 8.15. The van der Waals surface area contributed by atoms with Crippen LogP contribution in [0.3, 0.4) is 0 Å². The van der Waals surface area contributed by atoms with E-state index in [-0.39, 0.29) is 0 Å². The number of fused-ring (bicyclic) bond motifs is 8. The molecule has 284 valence electrons. The van der Waals surface area contributed by atoms with Gasteiger partial charge in [0.15, 0.2) is 0 Å². The van der Waals surface area contributed by atoms with E-state index < -0.39 is 0 Å². The molecule has 0 spiro atoms. The highest BCUT2D eigenvalue weighted by atomic mass is 32.2. The quantitative estimate of drug-likeness (QED) is 0.167. The van der Waals surface area contributed by atoms with Gasteiger partial charge in [-0.15, -0.1) is 11.8 Å². The van der Waals surface area contributed by atoms with Crippen molar-refractivity contribution in [1.82, 2.24) is 9.13 Å². The monoisotopic (exact) mass is 778 g/mol. The van der Waals surface area contributed by atoms with Gasteiger partial charge in [0.1, 0.15) is 0 Å². The van der Waals surface area contributed by atoms with E-state index in [9.17, 15) is 0 Å². The van der Waals surface area contributed by atoms with Crippen molar-refractivity contribution in [2.45, 2.75) is 41.9 Å². The molecule has 3 heterocycles. The summed E-state index contributed by atoms with van der Waals surface area (Å²) in [5.74, 6) is 0. The molecule has 4 nitrogen and oxygen atoms in total. The van der Waals surface area contributed by atoms with Crippen LogP contribution in [0, 0.1) is 0 Å². The molecule has 1 aliphatic heterocycles. The highest BCUT2D eigenvalue weighted by Gasteiger charge is 2.35. The Balaban J connectivity index is 0.966. The predicted molar refractivity (Wildman–Crippen MR) is 251 cm³/mol. The molecule has 2 atom stereocenters. The number of thioether (sulfide) groups is 1. The normalized spacial score (nSPS) is 18.1. The molecule has 5 heteroatoms. The fourth-order valence-corrected chi connectivity index (χ4v) is 11.2. The van der Waals surface area contributed by atoms with E-state index in [1.165, 1.54) is 71.6 Å². The van der Waals surface area contributed by atoms with Crippen molar-refractivity contribution in [2.75, 3.05) is 9.80 Å². The molecule has 0 N–H and O–H groups in total. The van der Waals surface area contributed by atoms with Gasteiger partial charge in [-0.1, -0.05) is 103 Å². The minimum atomic E-state index is 0.305. The third kappa shape index (κ3) is 5.60. The van der Waals surface area contributed by atoms with Crippen LogP contribution in [0.1, 0.15) is 30.5 Å². The first kappa shape index (κ1) is 34.4. The summed E-state index contributed by atoms with van der Waals surface area (Å²) in [7, 11) is 0. The Hall–Kier alpha value is -6.69. The van der Waals surface area contributed by atoms with Crippen molar-refractivity contribution < 1.29 is 0 Å². The number of rotatable bonds is 6. The van der Waals surface area contributed by atoms with E-state index in [2.05, 4.69) is 213 Å². The second-order valence-electron chi connectivity index (χ2n) is 15.9. The molecule has 59 heavy (non-hydrogen) atoms. The largest absolute Gasteiger partial charge is 0.336 e. The molecule has 0 saturated heterocycles. The Bertz CT molecular complexity index is 3100. The number of allylic oxidation sites excluding steroid dienone is 7. The zero-order valence-corrected chi connectivity index (χ0v) is 33.5. The molecule has 6 aromatic carbocycles. The highest BCUT2D eigenvalue weighted by Crippen LogP contribution is 2.47. The predicted octanol–water partition coefficient (Wildman–Crippen LogP) is 14.2. The number of aryl methyl sites for hydroxylation is 1. The van der Waals surface area contributed by atoms with E-state index in [4.69, 9.17) is 0 Å². The molecule has 4 aliphatic rings. The number of benzene rings is 6. The minimum absolute atomic E-state index is 0.305. The number of hydrogen-bond acceptors (Lipinski definition) is 3. The van der Waals surface area contributed by atoms with E-state index >= 15 is 0 Å². The summed E-state index contributed by atoms with van der Waals surface area (Å²) >= 11 is 1.98. The van der Waals surface area contributed by atoms with Crippen LogP contribution in [0.5, 0.6) is 0 Å². The van der Waals surface area contributed by atoms with Crippen LogP contribution in [0.25, 0.3) is 50.2 Å². The number of nitrogens with zero attached hydrogens (tertiary/aromatic N) is 4. The summed E-state index contributed by atoms with van der Waals surface area (Å²) in [4.78, 5) is 6.35. The molecule has 2 unspecified atom stereocenters. The van der Waals surface area contributed by atoms with Crippen molar-refractivity contribution in [3.63, 3.8) is 0 Å². The molecule has 0 fully saturated rings. The van der Waals surface area contributed by atoms with Gasteiger partial charge in [-0.25, -0.2) is 0 Å². The first-order chi connectivity index (χ1) is 29.3. The molecular weight excluding hydrogens is 737 g/mol. The van der Waals surface area contributed by atoms with Crippen LogP contribution >= 0.6 is 11.8 Å². The van der Waals surface area contributed by atoms with Crippen molar-refractivity contribution in [2.24, 2.45) is 0 Å². The Morgan fingerprint density at radius 2 is 1.22 bits per heavy atom. The average molecular weight is 779 g/mol. The van der Waals surface area contributed by atoms with E-state index in [0.29, 0.717) is 11.3 Å². The lowest BCUT2D eigenvalue weighted by Gasteiger charge is -2.43. The van der Waals surface area contributed by atoms with E-state index in [1.54, 1.807) is 0 Å². The van der Waals surface area contributed by atoms with Gasteiger partial charge in [0.25, 0.3) is 0 Å². The maximum Gasteiger partial charge on any atom is 0.0680 e. The average Bonchev–Trinajstić information content (AvgIpc) is 3.82. The van der Waals surface area contributed by atoms with Crippen LogP contribution in [-0.2, 0) is 6.42 Å². The van der Waals surface area contributed by atoms with Crippen LogP contribution < -0.4 is 9.80 Å². The topological polar surface area (TPSA) is 16.3 Å². The van der Waals surface area contributed by atoms with Gasteiger partial charge in [-0.2, -0.15) is 0 Å². The van der Waals surface area contributed by atoms with Crippen LogP contribution in [-0.4, -0.2) is 20.4 Å². The van der Waals surface area contributed by atoms with Gasteiger partial charge in [0, 0.05) is 60.9 Å². The summed E-state index contributed by atoms with van der Waals surface area (Å²) in [6, 6.07) is 53.9. The maximum absolute atomic E-state index is 2.60. The molecule has 0 bridgehead atoms. The van der Waals surface area contributed by atoms with Gasteiger partial charge in [0.05, 0.1) is 33.5 Å². The maximum atomic E-state index is 2.60. The lowest BCUT2D eigenvalue weighted by atomic mass is 9.99. The Morgan fingerprint density at radius 3 is 2.07 bits per heavy atom. The SMILES string of the molecule is C1=CC2Sc3ccccc3N(C3=CC=C(n4c5ccccc5c5ccc(N(c6ccccc6)c6ccc(-n7c8c(c9ccccc97)CCC=C8)cc6)cc54)CC3)C2C=C1. The van der Waals surface area contributed by atoms with Crippen LogP contribution in [0.4, 0.5) is 22.7 Å². The third-order valence-corrected chi connectivity index (χ3v) is 13.9. The lowest BCUT2D eigenvalue weighted by Crippen LogP contribution is -2.43. The summed E-state index contributed by atoms with van der Waals surface area (Å²) in [6.07, 6.45) is 22.6. The summed E-state index contributed by atoms with van der Waals surface area (Å²) in [5.41, 5.74) is 15.1. The highest BCUT2D eigenvalue weighted by molar-refractivity contribution is 8.00. The minimum Gasteiger partial charge on any atom is -0.336 e. The van der Waals surface area contributed by atoms with Crippen LogP contribution in [0.2, 0.25) is 0 Å². The molecule has 8 aromatic rings. The molecule has 0 radical (unpaired) electrons. The molecule has 2 aromatic heterocycles. The first-order valence-electron chi connectivity index (χ1n) is 20.9. The summed E-state index contributed by atoms with van der Waals surface area (Å²) in [6.45, 7) is 0. The van der Waals surface area contributed by atoms with Gasteiger partial charge < -0.3 is 18.9 Å². The molecule has 0 saturated carbocycles. The van der Waals surface area contributed by atoms with E-state index in [1.807, 2.05) is 11.8 Å². The standard InChI is InChI=1S/C54H42N4S/c1-2-14-37(15-3-1)55(38-26-28-39(29-27-38)56-47-19-7-4-16-43(47)44-17-5-8-20-48(44)56)42-34-35-46-45-18-6-9-21-49(45)57(52(46)36-42)40-30-32-41(33-31-40)58-50-22-10-12-24-53(50)59-54-25-13-11-23-51(54)58/h1-4,6-16,18-30,32,34-36,50,53H,5,17,31,33H2. The van der Waals surface area contributed by atoms with E-state index in [0.717, 1.165) is 42.7 Å². The summed E-state index contributed by atoms with van der Waals surface area (Å²) in [5, 5.41) is 4.30. The number of hydrogen-bond donors (Lipinski definition) is 0. The lowest BCUT2D eigenvalue weighted by molar-refractivity contribution is 0.713. The number of aromatic nitrogens is 2. The molecule has 0 amide bonds. The van der Waals surface area contributed by atoms with Gasteiger partial charge >= 0.3 is 0 Å². The number of para-hydroxylation sites is 4. The van der Waals surface area contributed by atoms with Gasteiger partial charge in [-0.05, 0) is 122 Å². The second-order valence-corrected chi connectivity index (χ2v) is 17.1. The Labute approximate surface area is 349 Å². The van der Waals surface area contributed by atoms with Crippen molar-refractivity contribution in [3.8, 4) is 5.69 Å². The smallest absolute Gasteiger partial charge is 0.0680 e. The second kappa shape index (κ2) is 14.0. The fourth-order valence-electron chi connectivity index (χ4n) is 9.98. The van der Waals surface area contributed by atoms with Gasteiger partial charge in [-0.3, -0.25) is 0 Å². The fraction of sp³-hybridized carbons (Fsp3) is 0.111. The molecular formula is C54H42N4S. The van der Waals surface area contributed by atoms with Crippen molar-refractivity contribution >= 4 is 79.0 Å². The zero-order valence-electron chi connectivity index (χ0n) is 32.7. The van der Waals surface area contributed by atoms with Gasteiger partial charge in [0.2, 0.25) is 0 Å². The molecule has 3 aliphatic carbocycles. The van der Waals surface area contributed by atoms with Crippen molar-refractivity contribution in [1.29, 1.82) is 0 Å². The zero-order chi connectivity index (χ0) is 38.9. The first-order valence-corrected chi connectivity index (χ1v) is 21.7. The third-order valence-electron chi connectivity index (χ3n) is 12.6.